The van der Waals surface area contributed by atoms with E-state index < -0.39 is 23.9 Å². The van der Waals surface area contributed by atoms with Crippen molar-refractivity contribution in [2.45, 2.75) is 103 Å². The molecule has 0 saturated carbocycles. The lowest BCUT2D eigenvalue weighted by Crippen LogP contribution is -2.50. The molecular formula is C58H67N9O11. The molecule has 20 nitrogen and oxygen atoms in total. The molecule has 3 aliphatic heterocycles. The molecule has 0 aromatic heterocycles. The number of anilines is 4. The number of rotatable bonds is 24. The number of fused-ring (bicyclic) bond motifs is 5. The summed E-state index contributed by atoms with van der Waals surface area (Å²) in [4.78, 5) is 92.4. The number of nitrogens with zero attached hydrogens (tertiary/aromatic N) is 3. The molecule has 3 aliphatic rings. The Morgan fingerprint density at radius 2 is 1.38 bits per heavy atom. The van der Waals surface area contributed by atoms with E-state index in [0.29, 0.717) is 96.2 Å². The highest BCUT2D eigenvalue weighted by molar-refractivity contribution is 6.13. The fraction of sp³-hybridized carbons (Fsp3) is 0.362. The molecule has 78 heavy (non-hydrogen) atoms. The Morgan fingerprint density at radius 1 is 0.756 bits per heavy atom. The Bertz CT molecular complexity index is 3080. The topological polar surface area (TPSA) is 254 Å². The summed E-state index contributed by atoms with van der Waals surface area (Å²) in [5, 5.41) is 14.5. The zero-order valence-electron chi connectivity index (χ0n) is 44.6. The number of hydrogen-bond donors (Lipinski definition) is 6. The third-order valence-electron chi connectivity index (χ3n) is 13.9. The zero-order valence-corrected chi connectivity index (χ0v) is 44.6. The maximum Gasteiger partial charge on any atom is 0.260 e. The van der Waals surface area contributed by atoms with Crippen molar-refractivity contribution in [2.24, 2.45) is 10.9 Å². The van der Waals surface area contributed by atoms with Crippen LogP contribution >= 0.6 is 0 Å². The number of unbranched alkanes of at least 4 members (excludes halogenated alkanes) is 1. The summed E-state index contributed by atoms with van der Waals surface area (Å²) in [6, 6.07) is 25.4. The normalized spacial score (nSPS) is 15.7. The quantitative estimate of drug-likeness (QED) is 0.0214. The molecule has 0 spiro atoms. The predicted octanol–water partition coefficient (Wildman–Crippen LogP) is 6.69. The number of carbonyl (C=O) groups excluding carboxylic acids is 6. The zero-order chi connectivity index (χ0) is 55.5. The summed E-state index contributed by atoms with van der Waals surface area (Å²) >= 11 is 0. The van der Waals surface area contributed by atoms with Gasteiger partial charge in [0.15, 0.2) is 23.0 Å². The van der Waals surface area contributed by atoms with Gasteiger partial charge in [-0.1, -0.05) is 36.4 Å². The van der Waals surface area contributed by atoms with Crippen molar-refractivity contribution in [1.82, 2.24) is 16.0 Å². The molecule has 0 unspecified atom stereocenters. The Hall–Kier alpha value is -8.49. The number of nitrogens with one attached hydrogen (secondary N) is 5. The highest BCUT2D eigenvalue weighted by atomic mass is 16.6. The first-order valence-corrected chi connectivity index (χ1v) is 26.0. The Kier molecular flexibility index (Phi) is 18.3. The number of hydrogen-bond acceptors (Lipinski definition) is 14. The summed E-state index contributed by atoms with van der Waals surface area (Å²) in [6.07, 6.45) is 3.30. The lowest BCUT2D eigenvalue weighted by molar-refractivity contribution is -0.130. The number of methoxy groups -OCH3 is 2. The van der Waals surface area contributed by atoms with Gasteiger partial charge in [-0.05, 0) is 124 Å². The number of nitrogens with two attached hydrogens (primary N) is 1. The smallest absolute Gasteiger partial charge is 0.260 e. The molecule has 0 fully saturated rings. The molecular weight excluding hydrogens is 999 g/mol. The molecule has 0 radical (unpaired) electrons. The van der Waals surface area contributed by atoms with Crippen LogP contribution in [-0.4, -0.2) is 100 Å². The lowest BCUT2D eigenvalue weighted by Gasteiger charge is -2.24. The van der Waals surface area contributed by atoms with Crippen molar-refractivity contribution in [1.29, 1.82) is 0 Å². The number of benzene rings is 5. The van der Waals surface area contributed by atoms with Crippen LogP contribution in [-0.2, 0) is 50.1 Å². The van der Waals surface area contributed by atoms with Crippen LogP contribution in [0.1, 0.15) is 95.8 Å². The van der Waals surface area contributed by atoms with Crippen LogP contribution in [0.2, 0.25) is 0 Å². The Morgan fingerprint density at radius 3 is 2.06 bits per heavy atom. The van der Waals surface area contributed by atoms with Gasteiger partial charge >= 0.3 is 0 Å². The largest absolute Gasteiger partial charge is 0.493 e. The van der Waals surface area contributed by atoms with Crippen molar-refractivity contribution >= 4 is 70.6 Å². The predicted molar refractivity (Wildman–Crippen MR) is 296 cm³/mol. The van der Waals surface area contributed by atoms with E-state index in [0.717, 1.165) is 28.9 Å². The van der Waals surface area contributed by atoms with Crippen LogP contribution in [0.5, 0.6) is 23.0 Å². The molecule has 6 amide bonds. The highest BCUT2D eigenvalue weighted by Gasteiger charge is 2.38. The number of para-hydroxylation sites is 2. The molecule has 0 bridgehead atoms. The fourth-order valence-electron chi connectivity index (χ4n) is 9.94. The number of aliphatic imine (C=N–C) groups is 1. The van der Waals surface area contributed by atoms with Crippen LogP contribution in [0.3, 0.4) is 0 Å². The van der Waals surface area contributed by atoms with Gasteiger partial charge < -0.3 is 60.2 Å². The van der Waals surface area contributed by atoms with Crippen molar-refractivity contribution in [3.8, 4) is 23.0 Å². The van der Waals surface area contributed by atoms with Gasteiger partial charge in [-0.25, -0.2) is 5.90 Å². The second-order valence-corrected chi connectivity index (χ2v) is 19.5. The number of carbonyl (C=O) groups is 6. The molecule has 5 aromatic carbocycles. The summed E-state index contributed by atoms with van der Waals surface area (Å²) in [5.41, 5.74) is 7.09. The van der Waals surface area contributed by atoms with Crippen LogP contribution in [0, 0.1) is 0 Å². The second kappa shape index (κ2) is 25.6. The minimum atomic E-state index is -1.04. The van der Waals surface area contributed by atoms with Crippen LogP contribution in [0.25, 0.3) is 0 Å². The highest BCUT2D eigenvalue weighted by Crippen LogP contribution is 2.42. The first-order chi connectivity index (χ1) is 37.7. The molecule has 0 saturated heterocycles. The minimum absolute atomic E-state index is 0.0214. The summed E-state index contributed by atoms with van der Waals surface area (Å²) in [5.74, 6) is 4.24. The van der Waals surface area contributed by atoms with E-state index in [1.165, 1.54) is 28.1 Å². The van der Waals surface area contributed by atoms with Gasteiger partial charge in [0.1, 0.15) is 25.3 Å². The van der Waals surface area contributed by atoms with E-state index in [1.54, 1.807) is 41.3 Å². The number of ether oxygens (including phenoxy) is 4. The molecule has 7 N–H and O–H groups in total. The van der Waals surface area contributed by atoms with Crippen molar-refractivity contribution in [2.75, 3.05) is 54.3 Å². The Labute approximate surface area is 453 Å². The van der Waals surface area contributed by atoms with Crippen molar-refractivity contribution in [3.05, 3.63) is 124 Å². The molecule has 410 valence electrons. The van der Waals surface area contributed by atoms with Gasteiger partial charge in [0.05, 0.1) is 49.4 Å². The van der Waals surface area contributed by atoms with Gasteiger partial charge in [-0.2, -0.15) is 0 Å². The SMILES string of the molecule is C=Nc1cc(OCc2cc(COc3cc4c(cc3OC)C(=O)N3c5ccccc5C[C@H]3CN4)cc(NC(=O)[C@H](C)NC(=O)[C@H](C)NC(=O)CCCCC(=O)NCCCON)c2)c(OC)cc1C(=O)N1c2ccccc2C[C@H]1C. The van der Waals surface area contributed by atoms with Crippen LogP contribution in [0.15, 0.2) is 96.0 Å². The third kappa shape index (κ3) is 13.0. The van der Waals surface area contributed by atoms with Gasteiger partial charge in [0, 0.05) is 61.2 Å². The lowest BCUT2D eigenvalue weighted by atomic mass is 10.1. The van der Waals surface area contributed by atoms with Gasteiger partial charge in [-0.3, -0.25) is 33.8 Å². The number of amides is 6. The van der Waals surface area contributed by atoms with Crippen molar-refractivity contribution < 1.29 is 52.6 Å². The fourth-order valence-corrected chi connectivity index (χ4v) is 9.94. The van der Waals surface area contributed by atoms with Gasteiger partial charge in [0.2, 0.25) is 23.6 Å². The van der Waals surface area contributed by atoms with E-state index in [9.17, 15) is 28.8 Å². The molecule has 8 rings (SSSR count). The second-order valence-electron chi connectivity index (χ2n) is 19.5. The standard InChI is InChI=1S/C58H67N9O11/c1-34-22-39-14-7-9-16-47(39)66(34)57(72)43-27-49(74-5)51(29-45(43)60-4)76-32-37-23-38(33-77-52-30-46-44(28-50(52)75-6)58(73)67-42(31-62-46)26-40-15-8-10-17-48(40)67)25-41(24-37)65-56(71)36(3)64-55(70)35(2)63-54(69)19-12-11-18-53(68)61-20-13-21-78-59/h7-10,14-17,23-25,27-30,34-36,42,62H,4,11-13,18-22,26,31-33,59H2,1-3,5-6H3,(H,61,68)(H,63,69)(H,64,70)(H,65,71)/t34-,35+,36+,42+/m1/s1. The van der Waals surface area contributed by atoms with E-state index in [-0.39, 0.29) is 73.3 Å². The summed E-state index contributed by atoms with van der Waals surface area (Å²) < 4.78 is 24.4. The first-order valence-electron chi connectivity index (χ1n) is 26.0. The van der Waals surface area contributed by atoms with E-state index in [1.807, 2.05) is 66.4 Å². The van der Waals surface area contributed by atoms with E-state index in [4.69, 9.17) is 24.8 Å². The van der Waals surface area contributed by atoms with Gasteiger partial charge in [0.25, 0.3) is 11.8 Å². The maximum atomic E-state index is 14.2. The summed E-state index contributed by atoms with van der Waals surface area (Å²) in [7, 11) is 2.98. The van der Waals surface area contributed by atoms with E-state index >= 15 is 0 Å². The monoisotopic (exact) mass is 1070 g/mol. The van der Waals surface area contributed by atoms with E-state index in [2.05, 4.69) is 43.1 Å². The van der Waals surface area contributed by atoms with Gasteiger partial charge in [-0.15, -0.1) is 0 Å². The maximum absolute atomic E-state index is 14.2. The molecule has 20 heteroatoms. The summed E-state index contributed by atoms with van der Waals surface area (Å²) in [6.45, 7) is 10.0. The van der Waals surface area contributed by atoms with Crippen molar-refractivity contribution in [3.63, 3.8) is 0 Å². The Balaban J connectivity index is 0.974. The minimum Gasteiger partial charge on any atom is -0.493 e. The molecule has 0 aliphatic carbocycles. The third-order valence-corrected chi connectivity index (χ3v) is 13.9. The molecule has 5 aromatic rings. The first kappa shape index (κ1) is 55.7. The van der Waals surface area contributed by atoms with Crippen LogP contribution in [0.4, 0.5) is 28.4 Å². The van der Waals surface area contributed by atoms with Crippen LogP contribution < -0.4 is 61.2 Å². The average molecular weight is 1070 g/mol. The molecule has 3 heterocycles. The average Bonchev–Trinajstić information content (AvgIpc) is 4.12. The molecule has 4 atom stereocenters.